The fraction of sp³-hybridized carbons (Fsp3) is 0.562. The van der Waals surface area contributed by atoms with Crippen LogP contribution in [0.2, 0.25) is 0 Å². The molecule has 0 amide bonds. The van der Waals surface area contributed by atoms with Gasteiger partial charge in [0.15, 0.2) is 5.78 Å². The lowest BCUT2D eigenvalue weighted by Gasteiger charge is -2.34. The predicted molar refractivity (Wildman–Crippen MR) is 76.4 cm³/mol. The van der Waals surface area contributed by atoms with Crippen molar-refractivity contribution >= 4 is 5.78 Å². The van der Waals surface area contributed by atoms with Gasteiger partial charge in [0, 0.05) is 25.3 Å². The Labute approximate surface area is 115 Å². The van der Waals surface area contributed by atoms with E-state index >= 15 is 0 Å². The molecule has 1 aliphatic heterocycles. The first-order valence-corrected chi connectivity index (χ1v) is 7.02. The molecule has 0 spiro atoms. The molecule has 3 heteroatoms. The fourth-order valence-electron chi connectivity index (χ4n) is 2.61. The molecule has 0 atom stereocenters. The highest BCUT2D eigenvalue weighted by molar-refractivity contribution is 6.00. The van der Waals surface area contributed by atoms with Gasteiger partial charge in [0.2, 0.25) is 0 Å². The second-order valence-corrected chi connectivity index (χ2v) is 5.70. The van der Waals surface area contributed by atoms with Gasteiger partial charge in [0.05, 0.1) is 5.41 Å². The molecule has 0 aromatic heterocycles. The monoisotopic (exact) mass is 261 g/mol. The van der Waals surface area contributed by atoms with E-state index in [4.69, 9.17) is 10.5 Å². The maximum absolute atomic E-state index is 12.7. The van der Waals surface area contributed by atoms with Crippen molar-refractivity contribution in [3.8, 4) is 0 Å². The van der Waals surface area contributed by atoms with Crippen molar-refractivity contribution < 1.29 is 9.53 Å². The lowest BCUT2D eigenvalue weighted by atomic mass is 9.74. The summed E-state index contributed by atoms with van der Waals surface area (Å²) < 4.78 is 5.36. The molecule has 1 aromatic carbocycles. The molecule has 2 N–H and O–H groups in total. The minimum Gasteiger partial charge on any atom is -0.381 e. The van der Waals surface area contributed by atoms with Gasteiger partial charge in [0.25, 0.3) is 0 Å². The molecule has 19 heavy (non-hydrogen) atoms. The standard InChI is InChI=1S/C16H23NO2/c1-12(2)13-3-5-14(6-4-13)15(18)16(11-17)7-9-19-10-8-16/h3-6,12H,7-11,17H2,1-2H3. The van der Waals surface area contributed by atoms with Gasteiger partial charge in [-0.2, -0.15) is 0 Å². The van der Waals surface area contributed by atoms with Crippen LogP contribution >= 0.6 is 0 Å². The number of benzene rings is 1. The average molecular weight is 261 g/mol. The number of ether oxygens (including phenoxy) is 1. The molecule has 104 valence electrons. The Morgan fingerprint density at radius 3 is 2.32 bits per heavy atom. The maximum Gasteiger partial charge on any atom is 0.170 e. The summed E-state index contributed by atoms with van der Waals surface area (Å²) >= 11 is 0. The van der Waals surface area contributed by atoms with Gasteiger partial charge < -0.3 is 10.5 Å². The van der Waals surface area contributed by atoms with E-state index in [1.54, 1.807) is 0 Å². The third kappa shape index (κ3) is 2.88. The first-order chi connectivity index (χ1) is 9.09. The van der Waals surface area contributed by atoms with E-state index in [0.29, 0.717) is 25.7 Å². The van der Waals surface area contributed by atoms with Crippen LogP contribution in [0, 0.1) is 5.41 Å². The fourth-order valence-corrected chi connectivity index (χ4v) is 2.61. The number of carbonyl (C=O) groups is 1. The number of hydrogen-bond acceptors (Lipinski definition) is 3. The Hall–Kier alpha value is -1.19. The smallest absolute Gasteiger partial charge is 0.170 e. The van der Waals surface area contributed by atoms with Gasteiger partial charge in [-0.15, -0.1) is 0 Å². The van der Waals surface area contributed by atoms with E-state index in [0.717, 1.165) is 18.4 Å². The number of rotatable bonds is 4. The van der Waals surface area contributed by atoms with Gasteiger partial charge in [0.1, 0.15) is 0 Å². The molecule has 2 rings (SSSR count). The van der Waals surface area contributed by atoms with Crippen LogP contribution in [-0.4, -0.2) is 25.5 Å². The molecular formula is C16H23NO2. The summed E-state index contributed by atoms with van der Waals surface area (Å²) in [5, 5.41) is 0. The maximum atomic E-state index is 12.7. The normalized spacial score (nSPS) is 18.5. The summed E-state index contributed by atoms with van der Waals surface area (Å²) in [6.07, 6.45) is 1.46. The summed E-state index contributed by atoms with van der Waals surface area (Å²) in [4.78, 5) is 12.7. The second-order valence-electron chi connectivity index (χ2n) is 5.70. The lowest BCUT2D eigenvalue weighted by Crippen LogP contribution is -2.43. The zero-order valence-electron chi connectivity index (χ0n) is 11.8. The number of hydrogen-bond donors (Lipinski definition) is 1. The summed E-state index contributed by atoms with van der Waals surface area (Å²) in [5.41, 5.74) is 7.49. The van der Waals surface area contributed by atoms with Crippen molar-refractivity contribution in [3.63, 3.8) is 0 Å². The molecule has 1 aliphatic rings. The Kier molecular flexibility index (Phi) is 4.38. The topological polar surface area (TPSA) is 52.3 Å². The molecule has 3 nitrogen and oxygen atoms in total. The van der Waals surface area contributed by atoms with Crippen LogP contribution in [0.15, 0.2) is 24.3 Å². The zero-order valence-corrected chi connectivity index (χ0v) is 11.8. The third-order valence-corrected chi connectivity index (χ3v) is 4.16. The summed E-state index contributed by atoms with van der Waals surface area (Å²) in [5.74, 6) is 0.657. The van der Waals surface area contributed by atoms with E-state index in [1.165, 1.54) is 5.56 Å². The SMILES string of the molecule is CC(C)c1ccc(C(=O)C2(CN)CCOCC2)cc1. The van der Waals surface area contributed by atoms with Crippen molar-refractivity contribution in [2.24, 2.45) is 11.1 Å². The van der Waals surface area contributed by atoms with Crippen molar-refractivity contribution in [2.75, 3.05) is 19.8 Å². The summed E-state index contributed by atoms with van der Waals surface area (Å²) in [7, 11) is 0. The molecule has 0 aliphatic carbocycles. The van der Waals surface area contributed by atoms with Crippen LogP contribution in [0.1, 0.15) is 48.5 Å². The average Bonchev–Trinajstić information content (AvgIpc) is 2.47. The largest absolute Gasteiger partial charge is 0.381 e. The van der Waals surface area contributed by atoms with Crippen molar-refractivity contribution in [3.05, 3.63) is 35.4 Å². The zero-order chi connectivity index (χ0) is 13.9. The van der Waals surface area contributed by atoms with Gasteiger partial charge in [-0.05, 0) is 24.3 Å². The van der Waals surface area contributed by atoms with E-state index < -0.39 is 5.41 Å². The van der Waals surface area contributed by atoms with Crippen molar-refractivity contribution in [1.29, 1.82) is 0 Å². The Bertz CT molecular complexity index is 431. The summed E-state index contributed by atoms with van der Waals surface area (Å²) in [6, 6.07) is 7.96. The molecule has 1 fully saturated rings. The predicted octanol–water partition coefficient (Wildman–Crippen LogP) is 2.75. The molecule has 0 unspecified atom stereocenters. The van der Waals surface area contributed by atoms with E-state index in [2.05, 4.69) is 13.8 Å². The van der Waals surface area contributed by atoms with Crippen LogP contribution in [0.3, 0.4) is 0 Å². The first-order valence-electron chi connectivity index (χ1n) is 7.02. The van der Waals surface area contributed by atoms with Crippen molar-refractivity contribution in [2.45, 2.75) is 32.6 Å². The molecule has 0 saturated carbocycles. The van der Waals surface area contributed by atoms with Crippen LogP contribution in [0.4, 0.5) is 0 Å². The first kappa shape index (κ1) is 14.2. The Morgan fingerprint density at radius 1 is 1.26 bits per heavy atom. The van der Waals surface area contributed by atoms with Gasteiger partial charge in [-0.3, -0.25) is 4.79 Å². The van der Waals surface area contributed by atoms with Crippen LogP contribution in [0.25, 0.3) is 0 Å². The number of carbonyl (C=O) groups excluding carboxylic acids is 1. The van der Waals surface area contributed by atoms with E-state index in [-0.39, 0.29) is 5.78 Å². The lowest BCUT2D eigenvalue weighted by molar-refractivity contribution is 0.0200. The molecule has 1 heterocycles. The third-order valence-electron chi connectivity index (χ3n) is 4.16. The van der Waals surface area contributed by atoms with Crippen molar-refractivity contribution in [1.82, 2.24) is 0 Å². The number of ketones is 1. The van der Waals surface area contributed by atoms with Gasteiger partial charge in [-0.25, -0.2) is 0 Å². The second kappa shape index (κ2) is 5.85. The summed E-state index contributed by atoms with van der Waals surface area (Å²) in [6.45, 7) is 5.97. The highest BCUT2D eigenvalue weighted by Gasteiger charge is 2.39. The van der Waals surface area contributed by atoms with E-state index in [1.807, 2.05) is 24.3 Å². The Balaban J connectivity index is 2.22. The molecule has 0 radical (unpaired) electrons. The molecule has 0 bridgehead atoms. The molecule has 1 saturated heterocycles. The number of nitrogens with two attached hydrogens (primary N) is 1. The van der Waals surface area contributed by atoms with Crippen LogP contribution < -0.4 is 5.73 Å². The van der Waals surface area contributed by atoms with Gasteiger partial charge >= 0.3 is 0 Å². The minimum atomic E-state index is -0.419. The quantitative estimate of drug-likeness (QED) is 0.848. The highest BCUT2D eigenvalue weighted by atomic mass is 16.5. The van der Waals surface area contributed by atoms with Crippen LogP contribution in [0.5, 0.6) is 0 Å². The Morgan fingerprint density at radius 2 is 1.84 bits per heavy atom. The number of Topliss-reactive ketones (excluding diaryl/α,β-unsaturated/α-hetero) is 1. The minimum absolute atomic E-state index is 0.175. The van der Waals surface area contributed by atoms with Crippen LogP contribution in [-0.2, 0) is 4.74 Å². The molecule has 1 aromatic rings. The highest BCUT2D eigenvalue weighted by Crippen LogP contribution is 2.33. The van der Waals surface area contributed by atoms with E-state index in [9.17, 15) is 4.79 Å². The van der Waals surface area contributed by atoms with Gasteiger partial charge in [-0.1, -0.05) is 38.1 Å². The molecular weight excluding hydrogens is 238 g/mol.